The minimum atomic E-state index is -0.212. The van der Waals surface area contributed by atoms with Crippen molar-refractivity contribution in [2.24, 2.45) is 0 Å². The van der Waals surface area contributed by atoms with Crippen LogP contribution in [0.3, 0.4) is 0 Å². The Morgan fingerprint density at radius 2 is 2.00 bits per heavy atom. The van der Waals surface area contributed by atoms with Crippen LogP contribution in [0.2, 0.25) is 10.0 Å². The molecule has 1 unspecified atom stereocenters. The second-order valence-electron chi connectivity index (χ2n) is 6.16. The third-order valence-electron chi connectivity index (χ3n) is 4.44. The number of fused-ring (bicyclic) bond motifs is 1. The van der Waals surface area contributed by atoms with E-state index in [4.69, 9.17) is 27.9 Å². The molecule has 1 aliphatic rings. The second kappa shape index (κ2) is 8.70. The number of aryl methyl sites for hydroxylation is 1. The molecule has 0 fully saturated rings. The van der Waals surface area contributed by atoms with E-state index in [0.717, 1.165) is 25.7 Å². The molecule has 0 saturated heterocycles. The van der Waals surface area contributed by atoms with Crippen molar-refractivity contribution in [3.63, 3.8) is 0 Å². The third-order valence-corrected chi connectivity index (χ3v) is 5.26. The SMILES string of the molecule is O=C(NCCCOC1CCCc2ccccc21)c1cccc(Cl)c1Cl. The first-order chi connectivity index (χ1) is 12.2. The van der Waals surface area contributed by atoms with Gasteiger partial charge in [0.05, 0.1) is 21.7 Å². The molecule has 0 heterocycles. The molecule has 3 rings (SSSR count). The van der Waals surface area contributed by atoms with Gasteiger partial charge in [0.1, 0.15) is 0 Å². The standard InChI is InChI=1S/C20H21Cl2NO2/c21-17-10-4-9-16(19(17)22)20(24)23-12-5-13-25-18-11-3-7-14-6-1-2-8-15(14)18/h1-2,4,6,8-10,18H,3,5,7,11-13H2,(H,23,24). The van der Waals surface area contributed by atoms with Crippen LogP contribution in [-0.2, 0) is 11.2 Å². The molecule has 0 radical (unpaired) electrons. The molecule has 1 N–H and O–H groups in total. The maximum atomic E-state index is 12.2. The van der Waals surface area contributed by atoms with E-state index in [9.17, 15) is 4.79 Å². The summed E-state index contributed by atoms with van der Waals surface area (Å²) >= 11 is 12.0. The van der Waals surface area contributed by atoms with Crippen molar-refractivity contribution < 1.29 is 9.53 Å². The van der Waals surface area contributed by atoms with Gasteiger partial charge in [0.2, 0.25) is 0 Å². The van der Waals surface area contributed by atoms with Crippen molar-refractivity contribution in [2.45, 2.75) is 31.8 Å². The summed E-state index contributed by atoms with van der Waals surface area (Å²) in [5, 5.41) is 3.53. The van der Waals surface area contributed by atoms with Crippen LogP contribution in [0.4, 0.5) is 0 Å². The van der Waals surface area contributed by atoms with Crippen molar-refractivity contribution in [1.82, 2.24) is 5.32 Å². The Balaban J connectivity index is 1.44. The number of amides is 1. The fourth-order valence-electron chi connectivity index (χ4n) is 3.16. The van der Waals surface area contributed by atoms with Crippen molar-refractivity contribution in [2.75, 3.05) is 13.2 Å². The van der Waals surface area contributed by atoms with E-state index in [1.807, 2.05) is 0 Å². The number of benzene rings is 2. The van der Waals surface area contributed by atoms with Crippen molar-refractivity contribution in [1.29, 1.82) is 0 Å². The molecule has 1 amide bonds. The summed E-state index contributed by atoms with van der Waals surface area (Å²) in [7, 11) is 0. The predicted molar refractivity (Wildman–Crippen MR) is 101 cm³/mol. The lowest BCUT2D eigenvalue weighted by atomic mass is 9.89. The number of hydrogen-bond acceptors (Lipinski definition) is 2. The molecule has 0 saturated carbocycles. The van der Waals surface area contributed by atoms with Crippen LogP contribution in [0.25, 0.3) is 0 Å². The molecule has 2 aromatic rings. The first-order valence-corrected chi connectivity index (χ1v) is 9.34. The van der Waals surface area contributed by atoms with Crippen LogP contribution in [0.15, 0.2) is 42.5 Å². The van der Waals surface area contributed by atoms with Crippen molar-refractivity contribution in [3.05, 3.63) is 69.2 Å². The topological polar surface area (TPSA) is 38.3 Å². The van der Waals surface area contributed by atoms with Crippen molar-refractivity contribution >= 4 is 29.1 Å². The van der Waals surface area contributed by atoms with Gasteiger partial charge in [-0.2, -0.15) is 0 Å². The molecule has 25 heavy (non-hydrogen) atoms. The Morgan fingerprint density at radius 3 is 2.88 bits per heavy atom. The molecule has 2 aromatic carbocycles. The van der Waals surface area contributed by atoms with E-state index in [1.54, 1.807) is 18.2 Å². The second-order valence-corrected chi connectivity index (χ2v) is 6.95. The molecule has 0 aliphatic heterocycles. The van der Waals surface area contributed by atoms with Gasteiger partial charge in [0, 0.05) is 13.2 Å². The molecular weight excluding hydrogens is 357 g/mol. The largest absolute Gasteiger partial charge is 0.373 e. The van der Waals surface area contributed by atoms with Crippen LogP contribution >= 0.6 is 23.2 Å². The molecule has 0 bridgehead atoms. The van der Waals surface area contributed by atoms with E-state index in [1.165, 1.54) is 11.1 Å². The summed E-state index contributed by atoms with van der Waals surface area (Å²) in [4.78, 5) is 12.2. The van der Waals surface area contributed by atoms with Crippen LogP contribution in [0, 0.1) is 0 Å². The summed E-state index contributed by atoms with van der Waals surface area (Å²) in [6.07, 6.45) is 4.27. The highest BCUT2D eigenvalue weighted by Crippen LogP contribution is 2.32. The third kappa shape index (κ3) is 4.55. The van der Waals surface area contributed by atoms with Gasteiger partial charge in [-0.3, -0.25) is 4.79 Å². The highest BCUT2D eigenvalue weighted by molar-refractivity contribution is 6.43. The van der Waals surface area contributed by atoms with E-state index in [-0.39, 0.29) is 17.0 Å². The van der Waals surface area contributed by atoms with Gasteiger partial charge >= 0.3 is 0 Å². The van der Waals surface area contributed by atoms with Gasteiger partial charge in [-0.05, 0) is 48.9 Å². The maximum Gasteiger partial charge on any atom is 0.252 e. The normalized spacial score (nSPS) is 16.3. The van der Waals surface area contributed by atoms with E-state index in [0.29, 0.717) is 23.7 Å². The van der Waals surface area contributed by atoms with Gasteiger partial charge in [-0.25, -0.2) is 0 Å². The first-order valence-electron chi connectivity index (χ1n) is 8.58. The Kier molecular flexibility index (Phi) is 6.35. The molecule has 5 heteroatoms. The fourth-order valence-corrected chi connectivity index (χ4v) is 3.54. The summed E-state index contributed by atoms with van der Waals surface area (Å²) in [6, 6.07) is 13.5. The monoisotopic (exact) mass is 377 g/mol. The lowest BCUT2D eigenvalue weighted by Crippen LogP contribution is -2.26. The van der Waals surface area contributed by atoms with Gasteiger partial charge < -0.3 is 10.1 Å². The molecular formula is C20H21Cl2NO2. The van der Waals surface area contributed by atoms with Gasteiger partial charge in [0.25, 0.3) is 5.91 Å². The smallest absolute Gasteiger partial charge is 0.252 e. The molecule has 0 aromatic heterocycles. The molecule has 3 nitrogen and oxygen atoms in total. The van der Waals surface area contributed by atoms with E-state index < -0.39 is 0 Å². The van der Waals surface area contributed by atoms with Crippen LogP contribution in [0.1, 0.15) is 46.9 Å². The highest BCUT2D eigenvalue weighted by Gasteiger charge is 2.20. The molecule has 1 atom stereocenters. The lowest BCUT2D eigenvalue weighted by Gasteiger charge is -2.25. The van der Waals surface area contributed by atoms with Gasteiger partial charge in [0.15, 0.2) is 0 Å². The first kappa shape index (κ1) is 18.2. The average Bonchev–Trinajstić information content (AvgIpc) is 2.63. The molecule has 1 aliphatic carbocycles. The van der Waals surface area contributed by atoms with E-state index >= 15 is 0 Å². The summed E-state index contributed by atoms with van der Waals surface area (Å²) in [5.74, 6) is -0.212. The minimum Gasteiger partial charge on any atom is -0.373 e. The molecule has 132 valence electrons. The number of carbonyl (C=O) groups is 1. The zero-order valence-corrected chi connectivity index (χ0v) is 15.4. The zero-order valence-electron chi connectivity index (χ0n) is 13.9. The fraction of sp³-hybridized carbons (Fsp3) is 0.350. The Bertz CT molecular complexity index is 748. The number of ether oxygens (including phenoxy) is 1. The minimum absolute atomic E-state index is 0.169. The van der Waals surface area contributed by atoms with E-state index in [2.05, 4.69) is 29.6 Å². The highest BCUT2D eigenvalue weighted by atomic mass is 35.5. The number of nitrogens with one attached hydrogen (secondary N) is 1. The Labute approximate surface area is 158 Å². The van der Waals surface area contributed by atoms with Gasteiger partial charge in [-0.1, -0.05) is 53.5 Å². The predicted octanol–water partition coefficient (Wildman–Crippen LogP) is 5.21. The van der Waals surface area contributed by atoms with Crippen LogP contribution in [0.5, 0.6) is 0 Å². The summed E-state index contributed by atoms with van der Waals surface area (Å²) in [5.41, 5.74) is 3.10. The quantitative estimate of drug-likeness (QED) is 0.701. The number of carbonyl (C=O) groups excluding carboxylic acids is 1. The van der Waals surface area contributed by atoms with Crippen molar-refractivity contribution in [3.8, 4) is 0 Å². The van der Waals surface area contributed by atoms with Gasteiger partial charge in [-0.15, -0.1) is 0 Å². The summed E-state index contributed by atoms with van der Waals surface area (Å²) < 4.78 is 6.04. The summed E-state index contributed by atoms with van der Waals surface area (Å²) in [6.45, 7) is 1.15. The Morgan fingerprint density at radius 1 is 1.16 bits per heavy atom. The number of halogens is 2. The average molecular weight is 378 g/mol. The Hall–Kier alpha value is -1.55. The molecule has 0 spiro atoms. The van der Waals surface area contributed by atoms with Crippen LogP contribution < -0.4 is 5.32 Å². The zero-order chi connectivity index (χ0) is 17.6. The van der Waals surface area contributed by atoms with Crippen LogP contribution in [-0.4, -0.2) is 19.1 Å². The maximum absolute atomic E-state index is 12.2. The number of rotatable bonds is 6. The lowest BCUT2D eigenvalue weighted by molar-refractivity contribution is 0.0393. The number of hydrogen-bond donors (Lipinski definition) is 1.